The van der Waals surface area contributed by atoms with E-state index in [0.717, 1.165) is 0 Å². The maximum absolute atomic E-state index is 11.3. The molecule has 1 fully saturated rings. The van der Waals surface area contributed by atoms with E-state index < -0.39 is 105 Å². The Hall–Kier alpha value is 2.30. The Kier molecular flexibility index (Phi) is 21.4. The number of carbonyl (C=O) groups excluding carboxylic acids is 1. The standard InChI is InChI=1S/C12H19NO18S3.4Na/c14-5-1-4(2-28-33(21,22)23)29-12(7(5)13-32(18,19)20)30-9-8(15)6(31-34(24,25)26)3-27-10(9)11(16)17;;;;/h4-8,12-15H,1-3H2,(H,16,17)(H,18,19,20)(H,21,22,23)(H,24,25,26);;;;/q;4*+1/p-4/t4?,5-,6?,7?,8+,12+;;;;/m1..../s1. The molecule has 0 aromatic rings. The Morgan fingerprint density at radius 3 is 2.00 bits per heavy atom. The molecule has 3 unspecified atom stereocenters. The molecule has 38 heavy (non-hydrogen) atoms. The van der Waals surface area contributed by atoms with Gasteiger partial charge in [-0.05, 0) is 0 Å². The van der Waals surface area contributed by atoms with Crippen LogP contribution in [0.1, 0.15) is 6.42 Å². The summed E-state index contributed by atoms with van der Waals surface area (Å²) in [4.78, 5) is 11.3. The van der Waals surface area contributed by atoms with Crippen LogP contribution in [0.25, 0.3) is 0 Å². The van der Waals surface area contributed by atoms with Gasteiger partial charge < -0.3 is 48.0 Å². The molecule has 198 valence electrons. The Labute approximate surface area is 305 Å². The van der Waals surface area contributed by atoms with Crippen molar-refractivity contribution in [3.8, 4) is 0 Å². The third kappa shape index (κ3) is 15.2. The molecule has 2 heterocycles. The van der Waals surface area contributed by atoms with Crippen molar-refractivity contribution >= 4 is 37.1 Å². The van der Waals surface area contributed by atoms with Gasteiger partial charge in [0.2, 0.25) is 27.1 Å². The molecule has 0 spiro atoms. The molecule has 1 saturated heterocycles. The number of hydrogen-bond acceptors (Lipinski definition) is 18. The van der Waals surface area contributed by atoms with E-state index in [0.29, 0.717) is 0 Å². The Balaban J connectivity index is -0.00000306. The van der Waals surface area contributed by atoms with Crippen molar-refractivity contribution in [2.75, 3.05) is 13.2 Å². The van der Waals surface area contributed by atoms with Crippen molar-refractivity contribution in [2.45, 2.75) is 43.2 Å². The number of aliphatic hydroxyl groups excluding tert-OH is 2. The van der Waals surface area contributed by atoms with E-state index in [9.17, 15) is 59.0 Å². The van der Waals surface area contributed by atoms with Crippen LogP contribution in [0.15, 0.2) is 11.5 Å². The van der Waals surface area contributed by atoms with E-state index in [1.165, 1.54) is 4.72 Å². The molecule has 0 saturated carbocycles. The molecule has 0 aromatic carbocycles. The second-order valence-corrected chi connectivity index (χ2v) is 9.82. The van der Waals surface area contributed by atoms with Crippen LogP contribution in [-0.4, -0.2) is 105 Å². The minimum Gasteiger partial charge on any atom is -0.735 e. The van der Waals surface area contributed by atoms with Gasteiger partial charge in [-0.1, -0.05) is 0 Å². The van der Waals surface area contributed by atoms with Gasteiger partial charge in [0.15, 0.2) is 21.8 Å². The fraction of sp³-hybridized carbons (Fsp3) is 0.750. The van der Waals surface area contributed by atoms with E-state index in [1.54, 1.807) is 0 Å². The predicted molar refractivity (Wildman–Crippen MR) is 91.2 cm³/mol. The summed E-state index contributed by atoms with van der Waals surface area (Å²) in [5, 5.41) is 31.8. The Morgan fingerprint density at radius 2 is 1.55 bits per heavy atom. The van der Waals surface area contributed by atoms with Gasteiger partial charge in [-0.15, -0.1) is 0 Å². The van der Waals surface area contributed by atoms with Crippen LogP contribution < -0.4 is 128 Å². The first-order valence-electron chi connectivity index (χ1n) is 8.60. The quantitative estimate of drug-likeness (QED) is 0.112. The van der Waals surface area contributed by atoms with Crippen molar-refractivity contribution in [1.82, 2.24) is 4.72 Å². The average molecular weight is 649 g/mol. The third-order valence-corrected chi connectivity index (χ3v) is 5.59. The Morgan fingerprint density at radius 1 is 1.00 bits per heavy atom. The number of ether oxygens (including phenoxy) is 3. The molecule has 26 heteroatoms. The maximum atomic E-state index is 11.3. The zero-order valence-corrected chi connectivity index (χ0v) is 30.7. The molecule has 2 rings (SSSR count). The third-order valence-electron chi connectivity index (χ3n) is 4.12. The van der Waals surface area contributed by atoms with E-state index in [-0.39, 0.29) is 118 Å². The predicted octanol–water partition coefficient (Wildman–Crippen LogP) is -18.4. The molecular formula is C12H15NNa4O18S3. The first-order chi connectivity index (χ1) is 15.4. The monoisotopic (exact) mass is 649 g/mol. The van der Waals surface area contributed by atoms with Crippen LogP contribution in [0.2, 0.25) is 0 Å². The van der Waals surface area contributed by atoms with Gasteiger partial charge in [0.1, 0.15) is 30.8 Å². The molecule has 2 aliphatic rings. The van der Waals surface area contributed by atoms with Gasteiger partial charge in [-0.3, -0.25) is 8.37 Å². The molecule has 0 radical (unpaired) electrons. The van der Waals surface area contributed by atoms with Gasteiger partial charge in [0.25, 0.3) is 0 Å². The summed E-state index contributed by atoms with van der Waals surface area (Å²) < 4.78 is 122. The molecule has 3 N–H and O–H groups in total. The van der Waals surface area contributed by atoms with Crippen molar-refractivity contribution < 1.29 is 200 Å². The summed E-state index contributed by atoms with van der Waals surface area (Å²) in [6, 6.07) is -2.03. The zero-order chi connectivity index (χ0) is 26.1. The smallest absolute Gasteiger partial charge is 0.735 e. The van der Waals surface area contributed by atoms with Gasteiger partial charge in [0, 0.05) is 6.42 Å². The van der Waals surface area contributed by atoms with Gasteiger partial charge in [0.05, 0.1) is 18.8 Å². The van der Waals surface area contributed by atoms with Crippen molar-refractivity contribution in [3.05, 3.63) is 11.5 Å². The molecule has 0 aliphatic carbocycles. The summed E-state index contributed by atoms with van der Waals surface area (Å²) in [5.74, 6) is -4.70. The van der Waals surface area contributed by atoms with Crippen LogP contribution in [0.5, 0.6) is 0 Å². The van der Waals surface area contributed by atoms with Crippen LogP contribution in [0.4, 0.5) is 0 Å². The number of hydrogen-bond donors (Lipinski definition) is 3. The SMILES string of the molecule is O=C([O-])C1=C(O[C@@H]2OC(COS(=O)(=O)[O-])C[C@@H](O)C2NS(=O)(=O)[O-])[C@@H](O)C(OS(=O)(=O)[O-])CO1.[Na+].[Na+].[Na+].[Na+]. The fourth-order valence-corrected chi connectivity index (χ4v) is 4.25. The average Bonchev–Trinajstić information content (AvgIpc) is 2.63. The molecule has 0 aromatic heterocycles. The number of carbonyl (C=O) groups is 1. The topological polar surface area (TPSA) is 310 Å². The summed E-state index contributed by atoms with van der Waals surface area (Å²) in [6.45, 7) is -2.06. The number of nitrogens with one attached hydrogen (secondary N) is 1. The summed E-state index contributed by atoms with van der Waals surface area (Å²) in [5.41, 5.74) is 0. The van der Waals surface area contributed by atoms with Crippen LogP contribution in [0.3, 0.4) is 0 Å². The zero-order valence-electron chi connectivity index (χ0n) is 20.2. The summed E-state index contributed by atoms with van der Waals surface area (Å²) >= 11 is 0. The number of carboxylic acid groups (broad SMARTS) is 1. The number of aliphatic hydroxyl groups is 2. The maximum Gasteiger partial charge on any atom is 1.00 e. The fourth-order valence-electron chi connectivity index (χ4n) is 2.87. The molecule has 6 atom stereocenters. The largest absolute Gasteiger partial charge is 1.00 e. The molecule has 0 bridgehead atoms. The second kappa shape index (κ2) is 18.2. The molecule has 19 nitrogen and oxygen atoms in total. The summed E-state index contributed by atoms with van der Waals surface area (Å²) in [6.07, 6.45) is -10.8. The number of aliphatic carboxylic acids is 1. The number of carboxylic acids is 1. The summed E-state index contributed by atoms with van der Waals surface area (Å²) in [7, 11) is -16.1. The van der Waals surface area contributed by atoms with Crippen molar-refractivity contribution in [3.63, 3.8) is 0 Å². The Bertz CT molecular complexity index is 1130. The molecule has 0 amide bonds. The first kappa shape index (κ1) is 44.7. The number of rotatable bonds is 10. The van der Waals surface area contributed by atoms with Crippen LogP contribution in [0, 0.1) is 0 Å². The van der Waals surface area contributed by atoms with Crippen molar-refractivity contribution in [2.24, 2.45) is 0 Å². The normalized spacial score (nSPS) is 27.8. The van der Waals surface area contributed by atoms with Gasteiger partial charge in [-0.25, -0.2) is 30.0 Å². The minimum absolute atomic E-state index is 0. The van der Waals surface area contributed by atoms with Gasteiger partial charge >= 0.3 is 118 Å². The van der Waals surface area contributed by atoms with Gasteiger partial charge in [-0.2, -0.15) is 0 Å². The van der Waals surface area contributed by atoms with Crippen molar-refractivity contribution in [1.29, 1.82) is 0 Å². The molecular weight excluding hydrogens is 634 g/mol. The van der Waals surface area contributed by atoms with E-state index in [4.69, 9.17) is 9.47 Å². The minimum atomic E-state index is -5.46. The van der Waals surface area contributed by atoms with E-state index in [2.05, 4.69) is 13.1 Å². The van der Waals surface area contributed by atoms with E-state index in [1.807, 2.05) is 0 Å². The van der Waals surface area contributed by atoms with Crippen LogP contribution >= 0.6 is 0 Å². The molecule has 2 aliphatic heterocycles. The van der Waals surface area contributed by atoms with E-state index >= 15 is 0 Å². The first-order valence-corrected chi connectivity index (χ1v) is 12.7. The second-order valence-electron chi connectivity index (χ2n) is 6.62. The van der Waals surface area contributed by atoms with Crippen LogP contribution in [-0.2, 0) is 58.5 Å².